The summed E-state index contributed by atoms with van der Waals surface area (Å²) >= 11 is 6.19. The van der Waals surface area contributed by atoms with Crippen molar-refractivity contribution in [2.75, 3.05) is 6.61 Å². The van der Waals surface area contributed by atoms with Gasteiger partial charge in [0.15, 0.2) is 0 Å². The van der Waals surface area contributed by atoms with E-state index in [9.17, 15) is 9.50 Å². The van der Waals surface area contributed by atoms with Crippen LogP contribution < -0.4 is 0 Å². The predicted molar refractivity (Wildman–Crippen MR) is 85.2 cm³/mol. The van der Waals surface area contributed by atoms with Gasteiger partial charge in [-0.1, -0.05) is 11.6 Å². The van der Waals surface area contributed by atoms with Crippen LogP contribution in [0.2, 0.25) is 5.02 Å². The van der Waals surface area contributed by atoms with E-state index in [1.54, 1.807) is 12.3 Å². The number of rotatable bonds is 4. The Morgan fingerprint density at radius 1 is 1.23 bits per heavy atom. The van der Waals surface area contributed by atoms with E-state index in [1.165, 1.54) is 12.1 Å². The molecule has 0 saturated heterocycles. The number of hydrogen-bond acceptors (Lipinski definition) is 2. The Kier molecular flexibility index (Phi) is 4.79. The fourth-order valence-electron chi connectivity index (χ4n) is 3.24. The molecule has 1 aromatic carbocycles. The van der Waals surface area contributed by atoms with Crippen molar-refractivity contribution in [1.82, 2.24) is 9.55 Å². The molecule has 2 aromatic rings. The zero-order valence-electron chi connectivity index (χ0n) is 12.4. The SMILES string of the molecule is OCC1CCC(Cn2ccnc2-c2cc(F)ccc2Cl)CC1. The standard InChI is InChI=1S/C17H20ClFN2O/c18-16-6-5-14(19)9-15(16)17-20-7-8-21(17)10-12-1-3-13(11-22)4-2-12/h5-9,12-13,22H,1-4,10-11H2. The maximum Gasteiger partial charge on any atom is 0.141 e. The molecule has 0 aliphatic heterocycles. The minimum Gasteiger partial charge on any atom is -0.396 e. The normalized spacial score (nSPS) is 22.0. The van der Waals surface area contributed by atoms with Gasteiger partial charge in [0.05, 0.1) is 5.02 Å². The first-order valence-electron chi connectivity index (χ1n) is 7.74. The second-order valence-electron chi connectivity index (χ2n) is 6.10. The Labute approximate surface area is 134 Å². The largest absolute Gasteiger partial charge is 0.396 e. The highest BCUT2D eigenvalue weighted by Gasteiger charge is 2.22. The molecule has 0 unspecified atom stereocenters. The zero-order valence-corrected chi connectivity index (χ0v) is 13.1. The van der Waals surface area contributed by atoms with Gasteiger partial charge in [-0.3, -0.25) is 0 Å². The van der Waals surface area contributed by atoms with Crippen molar-refractivity contribution < 1.29 is 9.50 Å². The summed E-state index contributed by atoms with van der Waals surface area (Å²) in [5.41, 5.74) is 0.635. The van der Waals surface area contributed by atoms with E-state index < -0.39 is 0 Å². The lowest BCUT2D eigenvalue weighted by Crippen LogP contribution is -2.21. The number of halogens is 2. The van der Waals surface area contributed by atoms with Crippen LogP contribution in [0, 0.1) is 17.7 Å². The average Bonchev–Trinajstić information content (AvgIpc) is 2.98. The highest BCUT2D eigenvalue weighted by atomic mass is 35.5. The summed E-state index contributed by atoms with van der Waals surface area (Å²) in [7, 11) is 0. The minimum atomic E-state index is -0.308. The Morgan fingerprint density at radius 3 is 2.68 bits per heavy atom. The highest BCUT2D eigenvalue weighted by Crippen LogP contribution is 2.32. The summed E-state index contributed by atoms with van der Waals surface area (Å²) in [6.07, 6.45) is 8.03. The minimum absolute atomic E-state index is 0.294. The number of hydrogen-bond donors (Lipinski definition) is 1. The first-order valence-corrected chi connectivity index (χ1v) is 8.12. The lowest BCUT2D eigenvalue weighted by molar-refractivity contribution is 0.161. The van der Waals surface area contributed by atoms with E-state index >= 15 is 0 Å². The van der Waals surface area contributed by atoms with Gasteiger partial charge >= 0.3 is 0 Å². The fourth-order valence-corrected chi connectivity index (χ4v) is 3.45. The molecule has 0 bridgehead atoms. The van der Waals surface area contributed by atoms with Gasteiger partial charge in [-0.2, -0.15) is 0 Å². The molecule has 1 aromatic heterocycles. The van der Waals surface area contributed by atoms with Gasteiger partial charge in [-0.05, 0) is 55.7 Å². The van der Waals surface area contributed by atoms with Gasteiger partial charge in [0.25, 0.3) is 0 Å². The molecule has 3 nitrogen and oxygen atoms in total. The van der Waals surface area contributed by atoms with Crippen molar-refractivity contribution in [3.05, 3.63) is 41.4 Å². The van der Waals surface area contributed by atoms with E-state index in [1.807, 2.05) is 6.20 Å². The molecule has 5 heteroatoms. The highest BCUT2D eigenvalue weighted by molar-refractivity contribution is 6.33. The molecule has 1 heterocycles. The molecule has 1 aliphatic carbocycles. The van der Waals surface area contributed by atoms with E-state index in [0.29, 0.717) is 34.9 Å². The molecular formula is C17H20ClFN2O. The lowest BCUT2D eigenvalue weighted by atomic mass is 9.82. The number of aliphatic hydroxyl groups excluding tert-OH is 1. The monoisotopic (exact) mass is 322 g/mol. The van der Waals surface area contributed by atoms with E-state index in [2.05, 4.69) is 9.55 Å². The van der Waals surface area contributed by atoms with Crippen LogP contribution in [0.4, 0.5) is 4.39 Å². The van der Waals surface area contributed by atoms with Crippen LogP contribution in [0.5, 0.6) is 0 Å². The third-order valence-electron chi connectivity index (χ3n) is 4.56. The molecule has 118 valence electrons. The maximum absolute atomic E-state index is 13.5. The van der Waals surface area contributed by atoms with Crippen LogP contribution in [-0.4, -0.2) is 21.3 Å². The smallest absolute Gasteiger partial charge is 0.141 e. The average molecular weight is 323 g/mol. The number of imidazole rings is 1. The van der Waals surface area contributed by atoms with Crippen molar-refractivity contribution in [2.45, 2.75) is 32.2 Å². The van der Waals surface area contributed by atoms with Crippen LogP contribution in [0.25, 0.3) is 11.4 Å². The van der Waals surface area contributed by atoms with Gasteiger partial charge in [0, 0.05) is 31.1 Å². The van der Waals surface area contributed by atoms with Crippen molar-refractivity contribution in [2.24, 2.45) is 11.8 Å². The molecule has 1 aliphatic rings. The molecule has 1 N–H and O–H groups in total. The van der Waals surface area contributed by atoms with Crippen molar-refractivity contribution in [3.63, 3.8) is 0 Å². The number of aliphatic hydroxyl groups is 1. The first kappa shape index (κ1) is 15.5. The molecule has 0 spiro atoms. The van der Waals surface area contributed by atoms with E-state index in [4.69, 9.17) is 11.6 Å². The van der Waals surface area contributed by atoms with Crippen molar-refractivity contribution in [1.29, 1.82) is 0 Å². The Morgan fingerprint density at radius 2 is 1.95 bits per heavy atom. The third kappa shape index (κ3) is 3.33. The lowest BCUT2D eigenvalue weighted by Gasteiger charge is -2.28. The number of nitrogens with zero attached hydrogens (tertiary/aromatic N) is 2. The molecule has 22 heavy (non-hydrogen) atoms. The number of aromatic nitrogens is 2. The van der Waals surface area contributed by atoms with Crippen LogP contribution in [-0.2, 0) is 6.54 Å². The molecule has 3 rings (SSSR count). The van der Waals surface area contributed by atoms with Crippen molar-refractivity contribution >= 4 is 11.6 Å². The second-order valence-corrected chi connectivity index (χ2v) is 6.50. The van der Waals surface area contributed by atoms with E-state index in [-0.39, 0.29) is 5.82 Å². The van der Waals surface area contributed by atoms with Crippen LogP contribution in [0.1, 0.15) is 25.7 Å². The van der Waals surface area contributed by atoms with Gasteiger partial charge in [-0.15, -0.1) is 0 Å². The second kappa shape index (κ2) is 6.80. The summed E-state index contributed by atoms with van der Waals surface area (Å²) in [5, 5.41) is 9.73. The fraction of sp³-hybridized carbons (Fsp3) is 0.471. The van der Waals surface area contributed by atoms with Gasteiger partial charge in [0.2, 0.25) is 0 Å². The third-order valence-corrected chi connectivity index (χ3v) is 4.89. The summed E-state index contributed by atoms with van der Waals surface area (Å²) in [6.45, 7) is 1.16. The van der Waals surface area contributed by atoms with Crippen LogP contribution in [0.15, 0.2) is 30.6 Å². The molecule has 0 radical (unpaired) electrons. The molecule has 0 amide bonds. The summed E-state index contributed by atoms with van der Waals surface area (Å²) in [6, 6.07) is 4.36. The quantitative estimate of drug-likeness (QED) is 0.918. The zero-order chi connectivity index (χ0) is 15.5. The Balaban J connectivity index is 1.77. The van der Waals surface area contributed by atoms with Crippen LogP contribution >= 0.6 is 11.6 Å². The topological polar surface area (TPSA) is 38.0 Å². The van der Waals surface area contributed by atoms with Crippen molar-refractivity contribution in [3.8, 4) is 11.4 Å². The molecular weight excluding hydrogens is 303 g/mol. The summed E-state index contributed by atoms with van der Waals surface area (Å²) in [5.74, 6) is 1.44. The first-order chi connectivity index (χ1) is 10.7. The Hall–Kier alpha value is -1.39. The summed E-state index contributed by atoms with van der Waals surface area (Å²) < 4.78 is 15.6. The molecule has 1 fully saturated rings. The summed E-state index contributed by atoms with van der Waals surface area (Å²) in [4.78, 5) is 4.36. The predicted octanol–water partition coefficient (Wildman–Crippen LogP) is 4.14. The van der Waals surface area contributed by atoms with Crippen LogP contribution in [0.3, 0.4) is 0 Å². The van der Waals surface area contributed by atoms with Gasteiger partial charge in [0.1, 0.15) is 11.6 Å². The number of benzene rings is 1. The molecule has 0 atom stereocenters. The molecule has 1 saturated carbocycles. The van der Waals surface area contributed by atoms with E-state index in [0.717, 1.165) is 32.2 Å². The van der Waals surface area contributed by atoms with Gasteiger partial charge in [-0.25, -0.2) is 9.37 Å². The van der Waals surface area contributed by atoms with Gasteiger partial charge < -0.3 is 9.67 Å². The Bertz CT molecular complexity index is 635. The maximum atomic E-state index is 13.5.